The Hall–Kier alpha value is -0.990. The normalized spacial score (nSPS) is 9.18. The highest BCUT2D eigenvalue weighted by Gasteiger charge is 2.02. The summed E-state index contributed by atoms with van der Waals surface area (Å²) in [7, 11) is 0. The topological polar surface area (TPSA) is 51.2 Å². The Bertz CT molecular complexity index is 161. The summed E-state index contributed by atoms with van der Waals surface area (Å²) in [5, 5.41) is 0. The molecule has 0 fully saturated rings. The second-order valence-corrected chi connectivity index (χ2v) is 2.45. The SMILES string of the molecule is CC(=O)CCC(=O)CCC=O. The van der Waals surface area contributed by atoms with Gasteiger partial charge in [-0.1, -0.05) is 0 Å². The predicted molar refractivity (Wildman–Crippen MR) is 40.2 cm³/mol. The molecule has 0 saturated heterocycles. The molecular formula is C8H12O3. The van der Waals surface area contributed by atoms with Crippen LogP contribution in [0.1, 0.15) is 32.6 Å². The quantitative estimate of drug-likeness (QED) is 0.537. The van der Waals surface area contributed by atoms with E-state index in [-0.39, 0.29) is 30.8 Å². The van der Waals surface area contributed by atoms with Crippen molar-refractivity contribution in [3.05, 3.63) is 0 Å². The first-order valence-corrected chi connectivity index (χ1v) is 3.61. The van der Waals surface area contributed by atoms with E-state index in [1.807, 2.05) is 0 Å². The lowest BCUT2D eigenvalue weighted by Gasteiger charge is -1.93. The van der Waals surface area contributed by atoms with Crippen molar-refractivity contribution in [1.82, 2.24) is 0 Å². The molecule has 3 nitrogen and oxygen atoms in total. The summed E-state index contributed by atoms with van der Waals surface area (Å²) in [6.07, 6.45) is 1.85. The van der Waals surface area contributed by atoms with Gasteiger partial charge < -0.3 is 9.59 Å². The zero-order valence-corrected chi connectivity index (χ0v) is 6.63. The van der Waals surface area contributed by atoms with Crippen LogP contribution >= 0.6 is 0 Å². The second kappa shape index (κ2) is 5.77. The minimum absolute atomic E-state index is 0.00713. The first-order valence-electron chi connectivity index (χ1n) is 3.61. The van der Waals surface area contributed by atoms with Crippen molar-refractivity contribution in [3.63, 3.8) is 0 Å². The highest BCUT2D eigenvalue weighted by Crippen LogP contribution is 1.97. The summed E-state index contributed by atoms with van der Waals surface area (Å²) >= 11 is 0. The molecule has 0 aliphatic heterocycles. The van der Waals surface area contributed by atoms with Crippen LogP contribution < -0.4 is 0 Å². The van der Waals surface area contributed by atoms with Gasteiger partial charge in [0, 0.05) is 25.7 Å². The van der Waals surface area contributed by atoms with Crippen molar-refractivity contribution >= 4 is 17.9 Å². The standard InChI is InChI=1S/C8H12O3/c1-7(10)4-5-8(11)3-2-6-9/h6H,2-5H2,1H3. The van der Waals surface area contributed by atoms with Crippen molar-refractivity contribution in [2.75, 3.05) is 0 Å². The minimum Gasteiger partial charge on any atom is -0.303 e. The Labute approximate surface area is 65.8 Å². The summed E-state index contributed by atoms with van der Waals surface area (Å²) in [4.78, 5) is 31.0. The molecule has 0 N–H and O–H groups in total. The van der Waals surface area contributed by atoms with E-state index in [4.69, 9.17) is 0 Å². The number of rotatable bonds is 6. The Morgan fingerprint density at radius 1 is 1.18 bits per heavy atom. The molecule has 0 aromatic carbocycles. The van der Waals surface area contributed by atoms with Gasteiger partial charge in [0.25, 0.3) is 0 Å². The molecule has 0 heterocycles. The Morgan fingerprint density at radius 2 is 1.82 bits per heavy atom. The van der Waals surface area contributed by atoms with Crippen LogP contribution in [0.5, 0.6) is 0 Å². The molecule has 3 heteroatoms. The molecule has 0 amide bonds. The lowest BCUT2D eigenvalue weighted by Crippen LogP contribution is -2.01. The highest BCUT2D eigenvalue weighted by molar-refractivity contribution is 5.85. The van der Waals surface area contributed by atoms with Crippen molar-refractivity contribution in [2.45, 2.75) is 32.6 Å². The maximum Gasteiger partial charge on any atom is 0.133 e. The number of hydrogen-bond donors (Lipinski definition) is 0. The van der Waals surface area contributed by atoms with Crippen LogP contribution in [0.15, 0.2) is 0 Å². The van der Waals surface area contributed by atoms with Crippen molar-refractivity contribution in [3.8, 4) is 0 Å². The lowest BCUT2D eigenvalue weighted by atomic mass is 10.1. The smallest absolute Gasteiger partial charge is 0.133 e. The van der Waals surface area contributed by atoms with Gasteiger partial charge in [-0.05, 0) is 6.92 Å². The van der Waals surface area contributed by atoms with Gasteiger partial charge in [-0.25, -0.2) is 0 Å². The zero-order valence-electron chi connectivity index (χ0n) is 6.63. The number of aldehydes is 1. The molecule has 62 valence electrons. The van der Waals surface area contributed by atoms with Crippen LogP contribution in [0.4, 0.5) is 0 Å². The van der Waals surface area contributed by atoms with Gasteiger partial charge in [-0.2, -0.15) is 0 Å². The fourth-order valence-corrected chi connectivity index (χ4v) is 0.660. The average molecular weight is 156 g/mol. The molecule has 0 aliphatic rings. The molecule has 0 saturated carbocycles. The third-order valence-electron chi connectivity index (χ3n) is 1.30. The number of ketones is 2. The van der Waals surface area contributed by atoms with Gasteiger partial charge in [0.1, 0.15) is 17.9 Å². The van der Waals surface area contributed by atoms with Gasteiger partial charge in [0.2, 0.25) is 0 Å². The zero-order chi connectivity index (χ0) is 8.69. The van der Waals surface area contributed by atoms with Crippen LogP contribution in [0.25, 0.3) is 0 Å². The summed E-state index contributed by atoms with van der Waals surface area (Å²) in [5.41, 5.74) is 0. The van der Waals surface area contributed by atoms with Crippen LogP contribution in [0, 0.1) is 0 Å². The van der Waals surface area contributed by atoms with Crippen LogP contribution in [-0.4, -0.2) is 17.9 Å². The molecular weight excluding hydrogens is 144 g/mol. The van der Waals surface area contributed by atoms with Crippen molar-refractivity contribution in [1.29, 1.82) is 0 Å². The van der Waals surface area contributed by atoms with Crippen LogP contribution in [0.2, 0.25) is 0 Å². The average Bonchev–Trinajstić information content (AvgIpc) is 1.97. The van der Waals surface area contributed by atoms with E-state index >= 15 is 0 Å². The number of Topliss-reactive ketones (excluding diaryl/α,β-unsaturated/α-hetero) is 2. The first kappa shape index (κ1) is 10.0. The molecule has 0 unspecified atom stereocenters. The van der Waals surface area contributed by atoms with Gasteiger partial charge in [-0.15, -0.1) is 0 Å². The van der Waals surface area contributed by atoms with Crippen molar-refractivity contribution < 1.29 is 14.4 Å². The van der Waals surface area contributed by atoms with Crippen LogP contribution in [0.3, 0.4) is 0 Å². The summed E-state index contributed by atoms with van der Waals surface area (Å²) in [5.74, 6) is 0.0109. The summed E-state index contributed by atoms with van der Waals surface area (Å²) in [6, 6.07) is 0. The molecule has 0 bridgehead atoms. The van der Waals surface area contributed by atoms with Gasteiger partial charge >= 0.3 is 0 Å². The third kappa shape index (κ3) is 6.90. The van der Waals surface area contributed by atoms with E-state index in [1.54, 1.807) is 0 Å². The van der Waals surface area contributed by atoms with Gasteiger partial charge in [-0.3, -0.25) is 4.79 Å². The number of carbonyl (C=O) groups is 3. The van der Waals surface area contributed by atoms with E-state index in [0.29, 0.717) is 12.7 Å². The second-order valence-electron chi connectivity index (χ2n) is 2.45. The predicted octanol–water partition coefficient (Wildman–Crippen LogP) is 0.904. The highest BCUT2D eigenvalue weighted by atomic mass is 16.1. The van der Waals surface area contributed by atoms with E-state index in [2.05, 4.69) is 0 Å². The Kier molecular flexibility index (Phi) is 5.25. The number of carbonyl (C=O) groups excluding carboxylic acids is 3. The van der Waals surface area contributed by atoms with Gasteiger partial charge in [0.15, 0.2) is 0 Å². The summed E-state index contributed by atoms with van der Waals surface area (Å²) < 4.78 is 0. The number of hydrogen-bond acceptors (Lipinski definition) is 3. The monoisotopic (exact) mass is 156 g/mol. The van der Waals surface area contributed by atoms with E-state index in [0.717, 1.165) is 0 Å². The van der Waals surface area contributed by atoms with E-state index < -0.39 is 0 Å². The van der Waals surface area contributed by atoms with E-state index in [9.17, 15) is 14.4 Å². The molecule has 0 rings (SSSR count). The molecule has 0 aromatic heterocycles. The molecule has 0 spiro atoms. The first-order chi connectivity index (χ1) is 5.16. The van der Waals surface area contributed by atoms with Crippen LogP contribution in [-0.2, 0) is 14.4 Å². The maximum atomic E-state index is 10.8. The molecule has 0 aromatic rings. The summed E-state index contributed by atoms with van der Waals surface area (Å²) in [6.45, 7) is 1.45. The maximum absolute atomic E-state index is 10.8. The fourth-order valence-electron chi connectivity index (χ4n) is 0.660. The Morgan fingerprint density at radius 3 is 2.27 bits per heavy atom. The third-order valence-corrected chi connectivity index (χ3v) is 1.30. The largest absolute Gasteiger partial charge is 0.303 e. The minimum atomic E-state index is -0.00713. The fraction of sp³-hybridized carbons (Fsp3) is 0.625. The molecule has 0 atom stereocenters. The van der Waals surface area contributed by atoms with E-state index in [1.165, 1.54) is 6.92 Å². The Balaban J connectivity index is 3.37. The van der Waals surface area contributed by atoms with Crippen molar-refractivity contribution in [2.24, 2.45) is 0 Å². The molecule has 11 heavy (non-hydrogen) atoms. The molecule has 0 aliphatic carbocycles. The van der Waals surface area contributed by atoms with Gasteiger partial charge in [0.05, 0.1) is 0 Å². The molecule has 0 radical (unpaired) electrons. The lowest BCUT2D eigenvalue weighted by molar-refractivity contribution is -0.123.